The first-order valence-corrected chi connectivity index (χ1v) is 9.92. The van der Waals surface area contributed by atoms with Gasteiger partial charge in [-0.25, -0.2) is 0 Å². The van der Waals surface area contributed by atoms with Crippen LogP contribution in [0.25, 0.3) is 33.4 Å². The molecule has 1 heterocycles. The summed E-state index contributed by atoms with van der Waals surface area (Å²) in [6.45, 7) is 1.79. The number of methoxy groups -OCH3 is 1. The quantitative estimate of drug-likeness (QED) is 0.369. The lowest BCUT2D eigenvalue weighted by molar-refractivity contribution is 0.398. The second-order valence-corrected chi connectivity index (χ2v) is 7.00. The third-order valence-electron chi connectivity index (χ3n) is 5.05. The van der Waals surface area contributed by atoms with E-state index in [1.807, 2.05) is 54.6 Å². The second-order valence-electron chi connectivity index (χ2n) is 7.00. The van der Waals surface area contributed by atoms with Crippen LogP contribution in [0.4, 0.5) is 0 Å². The van der Waals surface area contributed by atoms with Crippen LogP contribution in [0.3, 0.4) is 0 Å². The Morgan fingerprint density at radius 2 is 1.53 bits per heavy atom. The van der Waals surface area contributed by atoms with E-state index in [0.29, 0.717) is 36.4 Å². The Morgan fingerprint density at radius 3 is 2.19 bits per heavy atom. The van der Waals surface area contributed by atoms with Crippen molar-refractivity contribution in [3.05, 3.63) is 88.6 Å². The molecule has 0 aliphatic rings. The van der Waals surface area contributed by atoms with Crippen molar-refractivity contribution in [2.75, 3.05) is 20.2 Å². The topological polar surface area (TPSA) is 77.5 Å². The van der Waals surface area contributed by atoms with Crippen LogP contribution in [0.5, 0.6) is 5.75 Å². The van der Waals surface area contributed by atoms with Gasteiger partial charge in [-0.05, 0) is 17.2 Å². The van der Waals surface area contributed by atoms with Crippen molar-refractivity contribution in [3.8, 4) is 28.2 Å². The predicted molar refractivity (Wildman–Crippen MR) is 135 cm³/mol. The molecule has 32 heavy (non-hydrogen) atoms. The Balaban J connectivity index is 0.00000181. The van der Waals surface area contributed by atoms with Crippen molar-refractivity contribution >= 4 is 35.8 Å². The molecule has 0 unspecified atom stereocenters. The maximum absolute atomic E-state index is 13.1. The molecule has 3 aromatic carbocycles. The van der Waals surface area contributed by atoms with Crippen molar-refractivity contribution in [2.24, 2.45) is 5.73 Å². The smallest absolute Gasteiger partial charge is 0.235 e. The second kappa shape index (κ2) is 11.7. The van der Waals surface area contributed by atoms with Crippen molar-refractivity contribution in [1.29, 1.82) is 0 Å². The van der Waals surface area contributed by atoms with Crippen LogP contribution in [0, 0.1) is 0 Å². The number of fused-ring (bicyclic) bond motifs is 1. The molecule has 0 amide bonds. The molecule has 0 fully saturated rings. The highest BCUT2D eigenvalue weighted by atomic mass is 35.5. The van der Waals surface area contributed by atoms with E-state index >= 15 is 0 Å². The van der Waals surface area contributed by atoms with Gasteiger partial charge in [0.2, 0.25) is 11.2 Å². The van der Waals surface area contributed by atoms with Gasteiger partial charge in [0, 0.05) is 30.8 Å². The molecule has 7 heteroatoms. The van der Waals surface area contributed by atoms with Crippen molar-refractivity contribution in [2.45, 2.75) is 6.54 Å². The summed E-state index contributed by atoms with van der Waals surface area (Å²) in [6, 6.07) is 23.6. The Kier molecular flexibility index (Phi) is 9.29. The third kappa shape index (κ3) is 5.14. The highest BCUT2D eigenvalue weighted by molar-refractivity contribution is 5.86. The van der Waals surface area contributed by atoms with Gasteiger partial charge in [0.25, 0.3) is 0 Å². The number of hydrogen-bond donors (Lipinski definition) is 2. The molecule has 168 valence electrons. The fraction of sp³-hybridized carbons (Fsp3) is 0.160. The first-order chi connectivity index (χ1) is 14.7. The number of hydrogen-bond acceptors (Lipinski definition) is 5. The largest absolute Gasteiger partial charge is 0.490 e. The first kappa shape index (κ1) is 25.4. The van der Waals surface area contributed by atoms with Gasteiger partial charge >= 0.3 is 0 Å². The van der Waals surface area contributed by atoms with E-state index in [1.54, 1.807) is 6.07 Å². The fourth-order valence-corrected chi connectivity index (χ4v) is 3.54. The van der Waals surface area contributed by atoms with Crippen LogP contribution in [-0.4, -0.2) is 20.2 Å². The van der Waals surface area contributed by atoms with Gasteiger partial charge < -0.3 is 20.2 Å². The van der Waals surface area contributed by atoms with E-state index in [1.165, 1.54) is 7.11 Å². The number of nitrogens with two attached hydrogens (primary N) is 1. The number of benzene rings is 3. The number of ether oxygens (including phenoxy) is 1. The number of halogens is 2. The number of rotatable bonds is 7. The van der Waals surface area contributed by atoms with E-state index in [9.17, 15) is 4.79 Å². The van der Waals surface area contributed by atoms with Crippen LogP contribution in [-0.2, 0) is 6.54 Å². The molecule has 4 rings (SSSR count). The Morgan fingerprint density at radius 1 is 0.875 bits per heavy atom. The van der Waals surface area contributed by atoms with Crippen molar-refractivity contribution in [3.63, 3.8) is 0 Å². The van der Waals surface area contributed by atoms with E-state index in [0.717, 1.165) is 22.3 Å². The van der Waals surface area contributed by atoms with Gasteiger partial charge in [-0.3, -0.25) is 4.79 Å². The zero-order valence-electron chi connectivity index (χ0n) is 17.7. The van der Waals surface area contributed by atoms with Gasteiger partial charge in [0.15, 0.2) is 5.76 Å². The minimum Gasteiger partial charge on any atom is -0.490 e. The van der Waals surface area contributed by atoms with Crippen molar-refractivity contribution in [1.82, 2.24) is 5.32 Å². The average molecular weight is 473 g/mol. The first-order valence-electron chi connectivity index (χ1n) is 9.92. The summed E-state index contributed by atoms with van der Waals surface area (Å²) in [7, 11) is 1.49. The van der Waals surface area contributed by atoms with Crippen LogP contribution < -0.4 is 21.2 Å². The monoisotopic (exact) mass is 472 g/mol. The number of nitrogens with one attached hydrogen (secondary N) is 1. The normalized spacial score (nSPS) is 10.3. The Labute approximate surface area is 199 Å². The summed E-state index contributed by atoms with van der Waals surface area (Å²) >= 11 is 0. The molecule has 0 radical (unpaired) electrons. The molecule has 3 N–H and O–H groups in total. The summed E-state index contributed by atoms with van der Waals surface area (Å²) < 4.78 is 11.7. The fourth-order valence-electron chi connectivity index (χ4n) is 3.54. The maximum Gasteiger partial charge on any atom is 0.235 e. The minimum atomic E-state index is -0.179. The number of para-hydroxylation sites is 1. The maximum atomic E-state index is 13.1. The molecule has 0 saturated heterocycles. The van der Waals surface area contributed by atoms with E-state index < -0.39 is 0 Å². The predicted octanol–water partition coefficient (Wildman–Crippen LogP) is 5.03. The van der Waals surface area contributed by atoms with Crippen LogP contribution in [0.15, 0.2) is 82.0 Å². The molecule has 0 aliphatic carbocycles. The van der Waals surface area contributed by atoms with Gasteiger partial charge in [-0.1, -0.05) is 66.7 Å². The van der Waals surface area contributed by atoms with E-state index in [2.05, 4.69) is 17.4 Å². The van der Waals surface area contributed by atoms with Crippen LogP contribution in [0.1, 0.15) is 5.56 Å². The molecule has 0 atom stereocenters. The van der Waals surface area contributed by atoms with Gasteiger partial charge in [0.1, 0.15) is 5.58 Å². The van der Waals surface area contributed by atoms with Gasteiger partial charge in [0.05, 0.1) is 12.5 Å². The average Bonchev–Trinajstić information content (AvgIpc) is 2.80. The standard InChI is InChI=1S/C25H24N2O3.2ClH/c1-29-25-22(28)21-9-5-8-20(16-27-15-14-26)23(21)30-24(25)19-12-10-18(11-13-19)17-6-3-2-4-7-17;;/h2-13,27H,14-16,26H2,1H3;2*1H. The lowest BCUT2D eigenvalue weighted by atomic mass is 10.0. The summed E-state index contributed by atoms with van der Waals surface area (Å²) in [5, 5.41) is 3.76. The highest BCUT2D eigenvalue weighted by Gasteiger charge is 2.18. The summed E-state index contributed by atoms with van der Waals surface area (Å²) in [5.74, 6) is 0.642. The van der Waals surface area contributed by atoms with E-state index in [-0.39, 0.29) is 36.0 Å². The third-order valence-corrected chi connectivity index (χ3v) is 5.05. The van der Waals surface area contributed by atoms with E-state index in [4.69, 9.17) is 14.9 Å². The summed E-state index contributed by atoms with van der Waals surface area (Å²) in [4.78, 5) is 13.1. The van der Waals surface area contributed by atoms with Crippen LogP contribution in [0.2, 0.25) is 0 Å². The van der Waals surface area contributed by atoms with Crippen LogP contribution >= 0.6 is 24.8 Å². The molecule has 4 aromatic rings. The zero-order valence-corrected chi connectivity index (χ0v) is 19.3. The molecule has 1 aromatic heterocycles. The minimum absolute atomic E-state index is 0. The molecular weight excluding hydrogens is 447 g/mol. The summed E-state index contributed by atoms with van der Waals surface area (Å²) in [6.07, 6.45) is 0. The summed E-state index contributed by atoms with van der Waals surface area (Å²) in [5.41, 5.74) is 9.87. The van der Waals surface area contributed by atoms with Crippen molar-refractivity contribution < 1.29 is 9.15 Å². The lowest BCUT2D eigenvalue weighted by Crippen LogP contribution is -2.22. The van der Waals surface area contributed by atoms with Gasteiger partial charge in [-0.2, -0.15) is 0 Å². The van der Waals surface area contributed by atoms with Gasteiger partial charge in [-0.15, -0.1) is 24.8 Å². The molecular formula is C25H26Cl2N2O3. The molecule has 0 saturated carbocycles. The SMILES string of the molecule is COc1c(-c2ccc(-c3ccccc3)cc2)oc2c(CNCCN)cccc2c1=O.Cl.Cl. The molecule has 0 aliphatic heterocycles. The molecule has 5 nitrogen and oxygen atoms in total. The lowest BCUT2D eigenvalue weighted by Gasteiger charge is -2.12. The Bertz CT molecular complexity index is 1210. The molecule has 0 bridgehead atoms. The Hall–Kier alpha value is -2.83. The zero-order chi connectivity index (χ0) is 20.9. The molecule has 0 spiro atoms. The highest BCUT2D eigenvalue weighted by Crippen LogP contribution is 2.33.